The molecule has 3 aromatic carbocycles. The van der Waals surface area contributed by atoms with Gasteiger partial charge in [0.15, 0.2) is 11.5 Å². The summed E-state index contributed by atoms with van der Waals surface area (Å²) in [6.07, 6.45) is 1.28. The van der Waals surface area contributed by atoms with Crippen LogP contribution < -0.4 is 14.3 Å². The van der Waals surface area contributed by atoms with Gasteiger partial charge in [-0.15, -0.1) is 0 Å². The van der Waals surface area contributed by atoms with Crippen LogP contribution in [0.1, 0.15) is 22.8 Å². The molecule has 170 valence electrons. The predicted molar refractivity (Wildman–Crippen MR) is 120 cm³/mol. The van der Waals surface area contributed by atoms with E-state index in [1.54, 1.807) is 25.1 Å². The summed E-state index contributed by atoms with van der Waals surface area (Å²) >= 11 is 0. The molecule has 1 amide bonds. The lowest BCUT2D eigenvalue weighted by molar-refractivity contribution is -0.385. The predicted octanol–water partition coefficient (Wildman–Crippen LogP) is 3.53. The minimum atomic E-state index is -4.06. The summed E-state index contributed by atoms with van der Waals surface area (Å²) in [7, 11) is -4.06. The molecule has 33 heavy (non-hydrogen) atoms. The third-order valence-electron chi connectivity index (χ3n) is 4.22. The Morgan fingerprint density at radius 2 is 1.76 bits per heavy atom. The molecule has 11 heteroatoms. The van der Waals surface area contributed by atoms with Crippen molar-refractivity contribution in [1.29, 1.82) is 0 Å². The maximum Gasteiger partial charge on any atom is 0.339 e. The van der Waals surface area contributed by atoms with Crippen molar-refractivity contribution in [2.45, 2.75) is 11.8 Å². The van der Waals surface area contributed by atoms with Gasteiger partial charge >= 0.3 is 10.1 Å². The molecule has 0 saturated carbocycles. The smallest absolute Gasteiger partial charge is 0.339 e. The first-order valence-electron chi connectivity index (χ1n) is 9.65. The highest BCUT2D eigenvalue weighted by molar-refractivity contribution is 7.87. The summed E-state index contributed by atoms with van der Waals surface area (Å²) in [5.74, 6) is -0.606. The average Bonchev–Trinajstić information content (AvgIpc) is 2.81. The van der Waals surface area contributed by atoms with Crippen molar-refractivity contribution in [1.82, 2.24) is 5.43 Å². The quantitative estimate of drug-likeness (QED) is 0.219. The zero-order valence-electron chi connectivity index (χ0n) is 17.4. The molecule has 3 aromatic rings. The molecule has 0 heterocycles. The van der Waals surface area contributed by atoms with Crippen LogP contribution in [0.25, 0.3) is 0 Å². The van der Waals surface area contributed by atoms with Crippen LogP contribution in [0.2, 0.25) is 0 Å². The van der Waals surface area contributed by atoms with Crippen molar-refractivity contribution in [2.75, 3.05) is 6.61 Å². The van der Waals surface area contributed by atoms with Crippen molar-refractivity contribution >= 4 is 27.9 Å². The van der Waals surface area contributed by atoms with Gasteiger partial charge in [0.05, 0.1) is 17.7 Å². The molecule has 0 saturated heterocycles. The Morgan fingerprint density at radius 1 is 1.06 bits per heavy atom. The van der Waals surface area contributed by atoms with Gasteiger partial charge in [-0.3, -0.25) is 14.9 Å². The monoisotopic (exact) mass is 469 g/mol. The van der Waals surface area contributed by atoms with E-state index in [2.05, 4.69) is 10.5 Å². The summed E-state index contributed by atoms with van der Waals surface area (Å²) in [5.41, 5.74) is 2.21. The first-order chi connectivity index (χ1) is 15.8. The van der Waals surface area contributed by atoms with Crippen LogP contribution in [0, 0.1) is 10.1 Å². The van der Waals surface area contributed by atoms with Gasteiger partial charge in [-0.05, 0) is 48.9 Å². The Balaban J connectivity index is 1.77. The summed E-state index contributed by atoms with van der Waals surface area (Å²) in [4.78, 5) is 22.6. The second kappa shape index (κ2) is 10.4. The second-order valence-corrected chi connectivity index (χ2v) is 8.01. The maximum atomic E-state index is 12.5. The van der Waals surface area contributed by atoms with E-state index in [0.717, 1.165) is 0 Å². The topological polar surface area (TPSA) is 137 Å². The molecule has 0 unspecified atom stereocenters. The first kappa shape index (κ1) is 23.4. The number of rotatable bonds is 9. The van der Waals surface area contributed by atoms with Gasteiger partial charge in [0.2, 0.25) is 0 Å². The molecule has 0 spiro atoms. The van der Waals surface area contributed by atoms with Crippen LogP contribution in [0.15, 0.2) is 82.8 Å². The molecule has 0 atom stereocenters. The summed E-state index contributed by atoms with van der Waals surface area (Å²) in [5, 5.41) is 14.9. The third-order valence-corrected chi connectivity index (χ3v) is 5.47. The normalized spacial score (nSPS) is 11.2. The Hall–Kier alpha value is -4.25. The summed E-state index contributed by atoms with van der Waals surface area (Å²) < 4.78 is 35.7. The number of nitrogens with zero attached hydrogens (tertiary/aromatic N) is 2. The van der Waals surface area contributed by atoms with Crippen LogP contribution in [0.5, 0.6) is 11.5 Å². The number of ether oxygens (including phenoxy) is 1. The lowest BCUT2D eigenvalue weighted by Gasteiger charge is -2.12. The molecule has 0 radical (unpaired) electrons. The van der Waals surface area contributed by atoms with Crippen LogP contribution in [0.4, 0.5) is 5.69 Å². The molecule has 0 bridgehead atoms. The standard InChI is InChI=1S/C22H19N3O7S/c1-2-31-21-14-16(12-13-20(21)32-33(29,30)17-8-4-3-5-9-17)15-23-24-22(26)18-10-6-7-11-19(18)25(27)28/h3-15H,2H2,1H3,(H,24,26)/b23-15-. The van der Waals surface area contributed by atoms with E-state index in [-0.39, 0.29) is 34.3 Å². The van der Waals surface area contributed by atoms with Gasteiger partial charge in [0, 0.05) is 6.07 Å². The Bertz CT molecular complexity index is 1290. The Morgan fingerprint density at radius 3 is 2.45 bits per heavy atom. The molecule has 0 aliphatic heterocycles. The zero-order valence-corrected chi connectivity index (χ0v) is 18.2. The highest BCUT2D eigenvalue weighted by atomic mass is 32.2. The number of amides is 1. The number of para-hydroxylation sites is 1. The van der Waals surface area contributed by atoms with Crippen molar-refractivity contribution in [3.63, 3.8) is 0 Å². The number of nitrogens with one attached hydrogen (secondary N) is 1. The van der Waals surface area contributed by atoms with Gasteiger partial charge < -0.3 is 8.92 Å². The van der Waals surface area contributed by atoms with Crippen molar-refractivity contribution in [3.05, 3.63) is 94.0 Å². The van der Waals surface area contributed by atoms with Gasteiger partial charge in [-0.25, -0.2) is 5.43 Å². The van der Waals surface area contributed by atoms with Gasteiger partial charge in [0.1, 0.15) is 10.5 Å². The van der Waals surface area contributed by atoms with E-state index < -0.39 is 20.9 Å². The molecular formula is C22H19N3O7S. The SMILES string of the molecule is CCOc1cc(/C=N\NC(=O)c2ccccc2[N+](=O)[O-])ccc1OS(=O)(=O)c1ccccc1. The van der Waals surface area contributed by atoms with E-state index in [1.807, 2.05) is 0 Å². The molecule has 0 aliphatic rings. The van der Waals surface area contributed by atoms with Crippen molar-refractivity contribution in [2.24, 2.45) is 5.10 Å². The Labute approximate surface area is 189 Å². The van der Waals surface area contributed by atoms with Gasteiger partial charge in [-0.1, -0.05) is 30.3 Å². The fraction of sp³-hybridized carbons (Fsp3) is 0.0909. The first-order valence-corrected chi connectivity index (χ1v) is 11.1. The minimum absolute atomic E-state index is 0.00388. The van der Waals surface area contributed by atoms with E-state index in [1.165, 1.54) is 60.8 Å². The van der Waals surface area contributed by atoms with Crippen LogP contribution in [0.3, 0.4) is 0 Å². The van der Waals surface area contributed by atoms with E-state index >= 15 is 0 Å². The maximum absolute atomic E-state index is 12.5. The number of hydrazone groups is 1. The van der Waals surface area contributed by atoms with E-state index in [4.69, 9.17) is 8.92 Å². The lowest BCUT2D eigenvalue weighted by Crippen LogP contribution is -2.19. The molecular weight excluding hydrogens is 450 g/mol. The number of hydrogen-bond donors (Lipinski definition) is 1. The van der Waals surface area contributed by atoms with Gasteiger partial charge in [0.25, 0.3) is 11.6 Å². The largest absolute Gasteiger partial charge is 0.490 e. The Kier molecular flexibility index (Phi) is 7.36. The molecule has 0 aromatic heterocycles. The fourth-order valence-corrected chi connectivity index (χ4v) is 3.71. The van der Waals surface area contributed by atoms with E-state index in [0.29, 0.717) is 5.56 Å². The molecule has 1 N–H and O–H groups in total. The second-order valence-electron chi connectivity index (χ2n) is 6.46. The number of carbonyl (C=O) groups excluding carboxylic acids is 1. The van der Waals surface area contributed by atoms with Crippen LogP contribution in [-0.4, -0.2) is 32.1 Å². The van der Waals surface area contributed by atoms with E-state index in [9.17, 15) is 23.3 Å². The molecule has 0 fully saturated rings. The van der Waals surface area contributed by atoms with Gasteiger partial charge in [-0.2, -0.15) is 13.5 Å². The van der Waals surface area contributed by atoms with Crippen molar-refractivity contribution < 1.29 is 27.1 Å². The average molecular weight is 469 g/mol. The van der Waals surface area contributed by atoms with Crippen LogP contribution >= 0.6 is 0 Å². The van der Waals surface area contributed by atoms with Crippen LogP contribution in [-0.2, 0) is 10.1 Å². The third kappa shape index (κ3) is 5.92. The number of carbonyl (C=O) groups is 1. The molecule has 10 nitrogen and oxygen atoms in total. The molecule has 3 rings (SSSR count). The number of hydrogen-bond acceptors (Lipinski definition) is 8. The van der Waals surface area contributed by atoms with Crippen molar-refractivity contribution in [3.8, 4) is 11.5 Å². The number of benzene rings is 3. The summed E-state index contributed by atoms with van der Waals surface area (Å²) in [6.45, 7) is 1.97. The zero-order chi connectivity index (χ0) is 23.8. The molecule has 0 aliphatic carbocycles. The highest BCUT2D eigenvalue weighted by Gasteiger charge is 2.20. The highest BCUT2D eigenvalue weighted by Crippen LogP contribution is 2.30. The number of nitro benzene ring substituents is 1. The minimum Gasteiger partial charge on any atom is -0.490 e. The fourth-order valence-electron chi connectivity index (χ4n) is 2.75. The summed E-state index contributed by atoms with van der Waals surface area (Å²) in [6, 6.07) is 17.6. The number of nitro groups is 1. The lowest BCUT2D eigenvalue weighted by atomic mass is 10.2.